The van der Waals surface area contributed by atoms with Crippen LogP contribution in [0, 0.1) is 0 Å². The smallest absolute Gasteiger partial charge is 0.270 e. The summed E-state index contributed by atoms with van der Waals surface area (Å²) < 4.78 is 12.7. The van der Waals surface area contributed by atoms with E-state index in [0.29, 0.717) is 13.1 Å². The van der Waals surface area contributed by atoms with Gasteiger partial charge in [-0.25, -0.2) is 0 Å². The van der Waals surface area contributed by atoms with E-state index in [0.717, 1.165) is 65.2 Å². The standard InChI is InChI=1S/C25H31N3O4/c1-27-13-11-20-19-6-4-5-7-21(19)28(24(20)25(27)30)16-18(29)15-26-12-10-17-8-9-22(31-2)23(14-17)32-3/h4-9,14,18,26,29H,10-13,15-16H2,1-3H3/p+1/t18-/m1/s1. The number of nitrogens with two attached hydrogens (primary N) is 1. The molecule has 32 heavy (non-hydrogen) atoms. The molecule has 0 fully saturated rings. The molecule has 0 radical (unpaired) electrons. The van der Waals surface area contributed by atoms with Crippen LogP contribution in [0.1, 0.15) is 21.6 Å². The Hall–Kier alpha value is -3.03. The predicted octanol–water partition coefficient (Wildman–Crippen LogP) is 1.45. The number of hydrogen-bond donors (Lipinski definition) is 2. The number of benzene rings is 2. The number of aliphatic hydroxyl groups is 1. The summed E-state index contributed by atoms with van der Waals surface area (Å²) in [4.78, 5) is 14.7. The minimum absolute atomic E-state index is 0.0343. The van der Waals surface area contributed by atoms with Crippen LogP contribution in [0.5, 0.6) is 11.5 Å². The van der Waals surface area contributed by atoms with Crippen molar-refractivity contribution in [2.75, 3.05) is 40.9 Å². The van der Waals surface area contributed by atoms with Gasteiger partial charge in [-0.15, -0.1) is 0 Å². The van der Waals surface area contributed by atoms with Crippen molar-refractivity contribution in [1.82, 2.24) is 9.47 Å². The van der Waals surface area contributed by atoms with Crippen molar-refractivity contribution < 1.29 is 24.7 Å². The normalized spacial score (nSPS) is 14.5. The minimum atomic E-state index is -0.555. The number of hydrogen-bond acceptors (Lipinski definition) is 4. The highest BCUT2D eigenvalue weighted by Crippen LogP contribution is 2.31. The quantitative estimate of drug-likeness (QED) is 0.496. The summed E-state index contributed by atoms with van der Waals surface area (Å²) in [5, 5.41) is 14.0. The first kappa shape index (κ1) is 22.2. The van der Waals surface area contributed by atoms with Gasteiger partial charge in [-0.2, -0.15) is 0 Å². The van der Waals surface area contributed by atoms with Gasteiger partial charge < -0.3 is 29.4 Å². The second-order valence-corrected chi connectivity index (χ2v) is 8.34. The van der Waals surface area contributed by atoms with E-state index in [4.69, 9.17) is 9.47 Å². The highest BCUT2D eigenvalue weighted by Gasteiger charge is 2.29. The highest BCUT2D eigenvalue weighted by molar-refractivity contribution is 6.02. The zero-order valence-electron chi connectivity index (χ0n) is 19.0. The molecule has 2 aromatic carbocycles. The van der Waals surface area contributed by atoms with Crippen LogP contribution >= 0.6 is 0 Å². The van der Waals surface area contributed by atoms with Gasteiger partial charge in [-0.05, 0) is 35.7 Å². The van der Waals surface area contributed by atoms with Gasteiger partial charge in [0, 0.05) is 30.9 Å². The van der Waals surface area contributed by atoms with Crippen molar-refractivity contribution >= 4 is 16.8 Å². The van der Waals surface area contributed by atoms with Crippen LogP contribution in [0.3, 0.4) is 0 Å². The molecular weight excluding hydrogens is 406 g/mol. The van der Waals surface area contributed by atoms with Gasteiger partial charge >= 0.3 is 0 Å². The van der Waals surface area contributed by atoms with E-state index >= 15 is 0 Å². The Labute approximate surface area is 188 Å². The van der Waals surface area contributed by atoms with Gasteiger partial charge in [0.2, 0.25) is 0 Å². The Balaban J connectivity index is 1.40. The van der Waals surface area contributed by atoms with Crippen LogP contribution < -0.4 is 14.8 Å². The van der Waals surface area contributed by atoms with Crippen LogP contribution in [-0.4, -0.2) is 67.5 Å². The van der Waals surface area contributed by atoms with E-state index in [2.05, 4.69) is 11.4 Å². The molecule has 0 bridgehead atoms. The minimum Gasteiger partial charge on any atom is -0.493 e. The van der Waals surface area contributed by atoms with Crippen molar-refractivity contribution in [2.45, 2.75) is 25.5 Å². The Morgan fingerprint density at radius 3 is 2.69 bits per heavy atom. The molecule has 0 saturated heterocycles. The van der Waals surface area contributed by atoms with E-state index in [1.54, 1.807) is 19.1 Å². The zero-order valence-corrected chi connectivity index (χ0v) is 19.0. The molecule has 0 spiro atoms. The third-order valence-corrected chi connectivity index (χ3v) is 6.24. The van der Waals surface area contributed by atoms with Gasteiger partial charge in [-0.3, -0.25) is 4.79 Å². The van der Waals surface area contributed by atoms with Crippen LogP contribution in [0.2, 0.25) is 0 Å². The summed E-state index contributed by atoms with van der Waals surface area (Å²) in [6, 6.07) is 14.0. The topological polar surface area (TPSA) is 80.5 Å². The number of carbonyl (C=O) groups excluding carboxylic acids is 1. The first-order chi connectivity index (χ1) is 15.5. The summed E-state index contributed by atoms with van der Waals surface area (Å²) in [7, 11) is 5.10. The molecule has 1 atom stereocenters. The van der Waals surface area contributed by atoms with Crippen LogP contribution in [0.25, 0.3) is 10.9 Å². The maximum absolute atomic E-state index is 12.9. The largest absolute Gasteiger partial charge is 0.493 e. The number of carbonyl (C=O) groups is 1. The lowest BCUT2D eigenvalue weighted by atomic mass is 10.0. The van der Waals surface area contributed by atoms with E-state index in [9.17, 15) is 9.90 Å². The molecule has 1 aromatic heterocycles. The number of aromatic nitrogens is 1. The fourth-order valence-electron chi connectivity index (χ4n) is 4.52. The number of likely N-dealkylation sites (N-methyl/N-ethyl adjacent to an activating group) is 1. The summed E-state index contributed by atoms with van der Waals surface area (Å²) in [5.74, 6) is 1.48. The molecule has 1 amide bonds. The lowest BCUT2D eigenvalue weighted by molar-refractivity contribution is -0.660. The van der Waals surface area contributed by atoms with E-state index < -0.39 is 6.10 Å². The van der Waals surface area contributed by atoms with Crippen LogP contribution in [0.15, 0.2) is 42.5 Å². The Morgan fingerprint density at radius 1 is 1.12 bits per heavy atom. The lowest BCUT2D eigenvalue weighted by Crippen LogP contribution is -2.87. The number of para-hydroxylation sites is 1. The molecule has 7 nitrogen and oxygen atoms in total. The fourth-order valence-corrected chi connectivity index (χ4v) is 4.52. The molecule has 3 N–H and O–H groups in total. The van der Waals surface area contributed by atoms with Crippen molar-refractivity contribution in [1.29, 1.82) is 0 Å². The number of amides is 1. The molecule has 1 aliphatic rings. The SMILES string of the molecule is COc1ccc(CC[NH2+]C[C@@H](O)Cn2c3c(c4ccccc42)CCN(C)C3=O)cc1OC. The first-order valence-corrected chi connectivity index (χ1v) is 11.1. The van der Waals surface area contributed by atoms with E-state index in [1.807, 2.05) is 48.0 Å². The average molecular weight is 439 g/mol. The van der Waals surface area contributed by atoms with Gasteiger partial charge in [-0.1, -0.05) is 24.3 Å². The fraction of sp³-hybridized carbons (Fsp3) is 0.400. The van der Waals surface area contributed by atoms with Gasteiger partial charge in [0.1, 0.15) is 18.3 Å². The van der Waals surface area contributed by atoms with Crippen molar-refractivity contribution in [3.8, 4) is 11.5 Å². The van der Waals surface area contributed by atoms with Crippen molar-refractivity contribution in [3.63, 3.8) is 0 Å². The maximum atomic E-state index is 12.9. The van der Waals surface area contributed by atoms with Crippen molar-refractivity contribution in [2.24, 2.45) is 0 Å². The molecule has 4 rings (SSSR count). The number of nitrogens with zero attached hydrogens (tertiary/aromatic N) is 2. The Kier molecular flexibility index (Phi) is 6.67. The number of aliphatic hydroxyl groups excluding tert-OH is 1. The molecule has 3 aromatic rings. The second-order valence-electron chi connectivity index (χ2n) is 8.34. The number of quaternary nitrogens is 1. The zero-order chi connectivity index (χ0) is 22.7. The van der Waals surface area contributed by atoms with Gasteiger partial charge in [0.05, 0.1) is 27.3 Å². The van der Waals surface area contributed by atoms with Gasteiger partial charge in [0.25, 0.3) is 5.91 Å². The molecule has 0 unspecified atom stereocenters. The molecule has 0 saturated carbocycles. The lowest BCUT2D eigenvalue weighted by Gasteiger charge is -2.25. The number of fused-ring (bicyclic) bond motifs is 3. The monoisotopic (exact) mass is 438 g/mol. The molecule has 1 aliphatic heterocycles. The summed E-state index contributed by atoms with van der Waals surface area (Å²) in [6.07, 6.45) is 1.15. The third-order valence-electron chi connectivity index (χ3n) is 6.24. The van der Waals surface area contributed by atoms with Crippen LogP contribution in [-0.2, 0) is 19.4 Å². The first-order valence-electron chi connectivity index (χ1n) is 11.1. The Morgan fingerprint density at radius 2 is 1.91 bits per heavy atom. The highest BCUT2D eigenvalue weighted by atomic mass is 16.5. The van der Waals surface area contributed by atoms with Gasteiger partial charge in [0.15, 0.2) is 11.5 Å². The third kappa shape index (κ3) is 4.31. The number of rotatable bonds is 9. The Bertz CT molecular complexity index is 1110. The molecule has 2 heterocycles. The number of methoxy groups -OCH3 is 2. The van der Waals surface area contributed by atoms with E-state index in [1.165, 1.54) is 0 Å². The maximum Gasteiger partial charge on any atom is 0.270 e. The summed E-state index contributed by atoms with van der Waals surface area (Å²) in [5.41, 5.74) is 4.01. The predicted molar refractivity (Wildman–Crippen MR) is 124 cm³/mol. The van der Waals surface area contributed by atoms with E-state index in [-0.39, 0.29) is 5.91 Å². The molecule has 170 valence electrons. The average Bonchev–Trinajstić information content (AvgIpc) is 3.13. The van der Waals surface area contributed by atoms with Crippen molar-refractivity contribution in [3.05, 3.63) is 59.3 Å². The molecular formula is C25H32N3O4+. The second kappa shape index (κ2) is 9.63. The number of ether oxygens (including phenoxy) is 2. The molecule has 7 heteroatoms. The summed E-state index contributed by atoms with van der Waals surface area (Å²) >= 11 is 0. The molecule has 0 aliphatic carbocycles. The summed E-state index contributed by atoms with van der Waals surface area (Å²) in [6.45, 7) is 2.55. The van der Waals surface area contributed by atoms with Crippen LogP contribution in [0.4, 0.5) is 0 Å².